The Morgan fingerprint density at radius 1 is 0.180 bits per heavy atom. The van der Waals surface area contributed by atoms with Gasteiger partial charge < -0.3 is 9.80 Å². The van der Waals surface area contributed by atoms with Crippen LogP contribution in [0.4, 0.5) is 34.1 Å². The van der Waals surface area contributed by atoms with Gasteiger partial charge in [0.15, 0.2) is 0 Å². The van der Waals surface area contributed by atoms with Crippen molar-refractivity contribution in [3.8, 4) is 100 Å². The van der Waals surface area contributed by atoms with Crippen molar-refractivity contribution in [2.45, 2.75) is 38.5 Å². The Morgan fingerprint density at radius 2 is 0.540 bits per heavy atom. The summed E-state index contributed by atoms with van der Waals surface area (Å²) in [6, 6.07) is 135. The second kappa shape index (κ2) is 24.3. The van der Waals surface area contributed by atoms with Gasteiger partial charge in [-0.25, -0.2) is 0 Å². The smallest absolute Gasteiger partial charge is 0.0467 e. The zero-order chi connectivity index (χ0) is 67.1. The molecule has 0 aromatic heterocycles. The second-order valence-electron chi connectivity index (χ2n) is 28.0. The van der Waals surface area contributed by atoms with E-state index in [1.54, 1.807) is 0 Å². The van der Waals surface area contributed by atoms with Crippen LogP contribution in [0.5, 0.6) is 0 Å². The minimum atomic E-state index is -0.253. The first kappa shape index (κ1) is 60.1. The largest absolute Gasteiger partial charge is 0.310 e. The quantitative estimate of drug-likeness (QED) is 0.114. The molecule has 0 unspecified atom stereocenters. The number of hydrogen-bond donors (Lipinski definition) is 0. The highest BCUT2D eigenvalue weighted by molar-refractivity contribution is 6.06. The Kier molecular flexibility index (Phi) is 14.6. The summed E-state index contributed by atoms with van der Waals surface area (Å²) in [7, 11) is 0. The maximum Gasteiger partial charge on any atom is 0.0467 e. The molecule has 0 fully saturated rings. The zero-order valence-electron chi connectivity index (χ0n) is 56.5. The molecule has 0 saturated heterocycles. The van der Waals surface area contributed by atoms with E-state index in [9.17, 15) is 0 Å². The molecule has 0 aliphatic heterocycles. The Bertz CT molecular complexity index is 5800. The van der Waals surface area contributed by atoms with Crippen LogP contribution < -0.4 is 9.80 Å². The number of rotatable bonds is 13. The fraction of sp³-hybridized carbons (Fsp3) is 0.0612. The van der Waals surface area contributed by atoms with Gasteiger partial charge in [-0.1, -0.05) is 307 Å². The lowest BCUT2D eigenvalue weighted by molar-refractivity contribution is 0.660. The molecule has 0 radical (unpaired) electrons. The normalized spacial score (nSPS) is 13.0. The highest BCUT2D eigenvalue weighted by Gasteiger charge is 2.39. The van der Waals surface area contributed by atoms with Crippen molar-refractivity contribution in [2.24, 2.45) is 0 Å². The maximum atomic E-state index is 2.46. The highest BCUT2D eigenvalue weighted by atomic mass is 15.1. The standard InChI is InChI=1S/C98H72N2/c1-97(2)93-40-14-13-32-89(93)90-59-49-72(64-95(90)97)69-45-55-78(56-46-69)99(76-51-41-67(42-52-76)65-21-7-5-8-22-65)81-30-16-28-74(62-81)84-34-18-38-88-85(35-19-37-87(84)88)75-50-60-94-92(63-75)91-39-20-36-86(96(91)98(94,3)4)71-47-57-79(58-48-71)100(77-53-43-68(44-54-77)66-23-9-6-10-24-66)80-29-15-27-73(61-80)83-33-17-26-70-25-11-12-31-82(70)83/h5-64H,1-4H3. The van der Waals surface area contributed by atoms with Gasteiger partial charge in [0.2, 0.25) is 0 Å². The van der Waals surface area contributed by atoms with E-state index < -0.39 is 0 Å². The van der Waals surface area contributed by atoms with E-state index in [1.165, 1.54) is 138 Å². The first-order chi connectivity index (χ1) is 49.1. The van der Waals surface area contributed by atoms with Crippen molar-refractivity contribution in [3.63, 3.8) is 0 Å². The van der Waals surface area contributed by atoms with E-state index in [0.717, 1.165) is 39.7 Å². The van der Waals surface area contributed by atoms with Crippen LogP contribution >= 0.6 is 0 Å². The predicted octanol–water partition coefficient (Wildman–Crippen LogP) is 27.2. The number of anilines is 6. The second-order valence-corrected chi connectivity index (χ2v) is 28.0. The van der Waals surface area contributed by atoms with Crippen LogP contribution in [-0.4, -0.2) is 0 Å². The van der Waals surface area contributed by atoms with E-state index in [0.29, 0.717) is 0 Å². The fourth-order valence-electron chi connectivity index (χ4n) is 16.5. The number of fused-ring (bicyclic) bond motifs is 8. The summed E-state index contributed by atoms with van der Waals surface area (Å²) in [5.74, 6) is 0. The molecule has 16 aromatic rings. The third-order valence-electron chi connectivity index (χ3n) is 21.5. The van der Waals surface area contributed by atoms with Gasteiger partial charge in [-0.05, 0) is 229 Å². The van der Waals surface area contributed by atoms with Gasteiger partial charge in [0.1, 0.15) is 0 Å². The number of nitrogens with zero attached hydrogens (tertiary/aromatic N) is 2. The molecule has 16 aromatic carbocycles. The van der Waals surface area contributed by atoms with E-state index in [-0.39, 0.29) is 10.8 Å². The van der Waals surface area contributed by atoms with Crippen molar-refractivity contribution in [2.75, 3.05) is 9.80 Å². The van der Waals surface area contributed by atoms with Crippen LogP contribution in [0.25, 0.3) is 122 Å². The van der Waals surface area contributed by atoms with Gasteiger partial charge in [-0.15, -0.1) is 0 Å². The minimum Gasteiger partial charge on any atom is -0.310 e. The molecule has 474 valence electrons. The molecule has 0 amide bonds. The lowest BCUT2D eigenvalue weighted by Crippen LogP contribution is -2.16. The van der Waals surface area contributed by atoms with Crippen LogP contribution in [0.15, 0.2) is 364 Å². The summed E-state index contributed by atoms with van der Waals surface area (Å²) in [6.45, 7) is 9.52. The molecule has 0 bridgehead atoms. The first-order valence-corrected chi connectivity index (χ1v) is 34.9. The lowest BCUT2D eigenvalue weighted by atomic mass is 9.78. The van der Waals surface area contributed by atoms with Gasteiger partial charge >= 0.3 is 0 Å². The molecule has 100 heavy (non-hydrogen) atoms. The molecule has 2 aliphatic rings. The third kappa shape index (κ3) is 10.3. The molecule has 0 spiro atoms. The van der Waals surface area contributed by atoms with Gasteiger partial charge in [0.05, 0.1) is 0 Å². The van der Waals surface area contributed by atoms with Crippen molar-refractivity contribution in [3.05, 3.63) is 386 Å². The summed E-state index contributed by atoms with van der Waals surface area (Å²) < 4.78 is 0. The molecular formula is C98H72N2. The first-order valence-electron chi connectivity index (χ1n) is 34.9. The highest BCUT2D eigenvalue weighted by Crippen LogP contribution is 2.55. The summed E-state index contributed by atoms with van der Waals surface area (Å²) in [4.78, 5) is 4.80. The summed E-state index contributed by atoms with van der Waals surface area (Å²) in [6.07, 6.45) is 0. The molecule has 2 heteroatoms. The van der Waals surface area contributed by atoms with Gasteiger partial charge in [-0.2, -0.15) is 0 Å². The molecule has 18 rings (SSSR count). The van der Waals surface area contributed by atoms with Gasteiger partial charge in [0, 0.05) is 45.0 Å². The van der Waals surface area contributed by atoms with Gasteiger partial charge in [0.25, 0.3) is 0 Å². The van der Waals surface area contributed by atoms with Crippen molar-refractivity contribution in [1.82, 2.24) is 0 Å². The van der Waals surface area contributed by atoms with E-state index in [1.807, 2.05) is 0 Å². The molecule has 0 saturated carbocycles. The number of hydrogen-bond acceptors (Lipinski definition) is 2. The zero-order valence-corrected chi connectivity index (χ0v) is 56.5. The minimum absolute atomic E-state index is 0.0736. The summed E-state index contributed by atoms with van der Waals surface area (Å²) in [5, 5.41) is 4.92. The van der Waals surface area contributed by atoms with Crippen LogP contribution in [0.1, 0.15) is 49.9 Å². The van der Waals surface area contributed by atoms with E-state index >= 15 is 0 Å². The van der Waals surface area contributed by atoms with Crippen LogP contribution in [-0.2, 0) is 10.8 Å². The summed E-state index contributed by atoms with van der Waals surface area (Å²) in [5.41, 5.74) is 33.8. The van der Waals surface area contributed by atoms with Crippen molar-refractivity contribution in [1.29, 1.82) is 0 Å². The van der Waals surface area contributed by atoms with Gasteiger partial charge in [-0.3, -0.25) is 0 Å². The molecule has 2 aliphatic carbocycles. The maximum absolute atomic E-state index is 2.46. The van der Waals surface area contributed by atoms with Crippen LogP contribution in [0.3, 0.4) is 0 Å². The van der Waals surface area contributed by atoms with E-state index in [4.69, 9.17) is 0 Å². The number of benzene rings is 16. The van der Waals surface area contributed by atoms with Crippen LogP contribution in [0, 0.1) is 0 Å². The SMILES string of the molecule is CC1(C)c2ccccc2-c2ccc(-c3ccc(N(c4ccc(-c5ccccc5)cc4)c4cccc(-c5cccc6c(-c7ccc8c(c7)-c7cccc(-c9ccc(N(c%10ccc(-c%11ccccc%11)cc%10)c%10cccc(-c%11cccc%12ccccc%11%12)c%10)cc9)c7C8(C)C)cccc56)c4)cc3)cc21. The van der Waals surface area contributed by atoms with Crippen LogP contribution in [0.2, 0.25) is 0 Å². The Hall–Kier alpha value is -12.4. The topological polar surface area (TPSA) is 6.48 Å². The average molecular weight is 1280 g/mol. The molecular weight excluding hydrogens is 1210 g/mol. The molecule has 0 N–H and O–H groups in total. The predicted molar refractivity (Wildman–Crippen MR) is 424 cm³/mol. The molecule has 0 atom stereocenters. The Balaban J connectivity index is 0.672. The van der Waals surface area contributed by atoms with E-state index in [2.05, 4.69) is 401 Å². The monoisotopic (exact) mass is 1280 g/mol. The Labute approximate surface area is 586 Å². The van der Waals surface area contributed by atoms with Crippen molar-refractivity contribution >= 4 is 55.7 Å². The average Bonchev–Trinajstić information content (AvgIpc) is 1.57. The third-order valence-corrected chi connectivity index (χ3v) is 21.5. The molecule has 0 heterocycles. The van der Waals surface area contributed by atoms with Crippen molar-refractivity contribution < 1.29 is 0 Å². The fourth-order valence-corrected chi connectivity index (χ4v) is 16.5. The molecule has 2 nitrogen and oxygen atoms in total. The lowest BCUT2D eigenvalue weighted by Gasteiger charge is -2.27. The summed E-state index contributed by atoms with van der Waals surface area (Å²) >= 11 is 0. The Morgan fingerprint density at radius 3 is 1.12 bits per heavy atom.